The lowest BCUT2D eigenvalue weighted by Gasteiger charge is -2.42. The number of nitrogens with two attached hydrogens (primary N) is 1. The Morgan fingerprint density at radius 2 is 1.74 bits per heavy atom. The quantitative estimate of drug-likeness (QED) is 0.242. The minimum Gasteiger partial charge on any atom is -0.385 e. The van der Waals surface area contributed by atoms with Crippen LogP contribution in [0.1, 0.15) is 49.5 Å². The molecule has 5 aromatic rings. The Bertz CT molecular complexity index is 1660. The molecule has 0 atom stereocenters. The van der Waals surface area contributed by atoms with Crippen LogP contribution < -0.4 is 5.73 Å². The van der Waals surface area contributed by atoms with Crippen LogP contribution >= 0.6 is 0 Å². The zero-order valence-electron chi connectivity index (χ0n) is 25.0. The van der Waals surface area contributed by atoms with Gasteiger partial charge in [0.2, 0.25) is 0 Å². The van der Waals surface area contributed by atoms with Crippen molar-refractivity contribution in [3.63, 3.8) is 0 Å². The van der Waals surface area contributed by atoms with Gasteiger partial charge in [-0.1, -0.05) is 36.4 Å². The van der Waals surface area contributed by atoms with Gasteiger partial charge < -0.3 is 20.4 Å². The number of hydrogen-bond acceptors (Lipinski definition) is 8. The Labute approximate surface area is 252 Å². The molecule has 2 fully saturated rings. The van der Waals surface area contributed by atoms with E-state index in [9.17, 15) is 0 Å². The second-order valence-corrected chi connectivity index (χ2v) is 12.0. The number of fused-ring (bicyclic) bond motifs is 2. The van der Waals surface area contributed by atoms with Crippen LogP contribution in [-0.2, 0) is 11.2 Å². The highest BCUT2D eigenvalue weighted by atomic mass is 16.5. The number of nitrogens with one attached hydrogen (secondary N) is 1. The molecule has 0 bridgehead atoms. The normalized spacial score (nSPS) is 20.3. The summed E-state index contributed by atoms with van der Waals surface area (Å²) in [5.74, 6) is 1.42. The van der Waals surface area contributed by atoms with Crippen LogP contribution in [0.5, 0.6) is 0 Å². The van der Waals surface area contributed by atoms with Crippen molar-refractivity contribution in [2.24, 2.45) is 0 Å². The summed E-state index contributed by atoms with van der Waals surface area (Å²) in [4.78, 5) is 22.7. The molecule has 0 amide bonds. The van der Waals surface area contributed by atoms with Gasteiger partial charge in [-0.15, -0.1) is 0 Å². The number of hydrogen-bond donors (Lipinski definition) is 2. The molecule has 1 saturated carbocycles. The van der Waals surface area contributed by atoms with Gasteiger partial charge >= 0.3 is 0 Å². The molecular formula is C33H41N9O. The van der Waals surface area contributed by atoms with E-state index in [2.05, 4.69) is 71.9 Å². The summed E-state index contributed by atoms with van der Waals surface area (Å²) in [6.07, 6.45) is 7.95. The highest BCUT2D eigenvalue weighted by Gasteiger charge is 2.31. The van der Waals surface area contributed by atoms with Crippen molar-refractivity contribution in [3.05, 3.63) is 66.2 Å². The van der Waals surface area contributed by atoms with E-state index in [1.165, 1.54) is 18.4 Å². The minimum atomic E-state index is 0.297. The van der Waals surface area contributed by atoms with Crippen LogP contribution in [0.25, 0.3) is 33.3 Å². The zero-order valence-corrected chi connectivity index (χ0v) is 25.0. The highest BCUT2D eigenvalue weighted by Crippen LogP contribution is 2.37. The Morgan fingerprint density at radius 3 is 2.53 bits per heavy atom. The van der Waals surface area contributed by atoms with E-state index in [1.807, 2.05) is 6.07 Å². The standard InChI is InChI=1S/C33H41N9O/c1-43-19-5-14-40-15-17-41(18-16-40)25-9-11-26(12-10-25)42-33-30(32(34)35-22-36-33)31(39-42)24-8-13-27-28(21-24)38-29(37-27)20-23-6-3-2-4-7-23/h2-4,6-8,13,21-22,25-26H,5,9-12,14-20H2,1H3,(H,37,38)(H2,34,35,36). The van der Waals surface area contributed by atoms with Gasteiger partial charge in [0.1, 0.15) is 23.7 Å². The van der Waals surface area contributed by atoms with Crippen LogP contribution in [0.3, 0.4) is 0 Å². The second kappa shape index (κ2) is 12.4. The summed E-state index contributed by atoms with van der Waals surface area (Å²) >= 11 is 0. The lowest BCUT2D eigenvalue weighted by Crippen LogP contribution is -2.51. The number of ether oxygens (including phenoxy) is 1. The molecule has 4 heterocycles. The summed E-state index contributed by atoms with van der Waals surface area (Å²) in [5, 5.41) is 6.01. The average molecular weight is 580 g/mol. The van der Waals surface area contributed by atoms with Gasteiger partial charge in [0.25, 0.3) is 0 Å². The molecular weight excluding hydrogens is 538 g/mol. The summed E-state index contributed by atoms with van der Waals surface area (Å²) in [7, 11) is 1.78. The van der Waals surface area contributed by atoms with Gasteiger partial charge in [-0.3, -0.25) is 4.90 Å². The van der Waals surface area contributed by atoms with Crippen LogP contribution in [-0.4, -0.2) is 92.0 Å². The molecule has 1 saturated heterocycles. The topological polar surface area (TPSA) is 114 Å². The molecule has 0 unspecified atom stereocenters. The van der Waals surface area contributed by atoms with Gasteiger partial charge in [-0.2, -0.15) is 5.10 Å². The number of benzene rings is 2. The van der Waals surface area contributed by atoms with E-state index in [0.29, 0.717) is 17.9 Å². The fourth-order valence-corrected chi connectivity index (χ4v) is 6.99. The zero-order chi connectivity index (χ0) is 29.2. The van der Waals surface area contributed by atoms with Gasteiger partial charge in [0.15, 0.2) is 5.65 Å². The predicted molar refractivity (Wildman–Crippen MR) is 170 cm³/mol. The fraction of sp³-hybridized carbons (Fsp3) is 0.455. The van der Waals surface area contributed by atoms with E-state index in [-0.39, 0.29) is 0 Å². The van der Waals surface area contributed by atoms with Gasteiger partial charge in [-0.25, -0.2) is 19.6 Å². The number of anilines is 1. The van der Waals surface area contributed by atoms with E-state index >= 15 is 0 Å². The lowest BCUT2D eigenvalue weighted by atomic mass is 9.90. The Balaban J connectivity index is 1.08. The monoisotopic (exact) mass is 579 g/mol. The number of piperazine rings is 1. The molecule has 2 aromatic carbocycles. The third-order valence-corrected chi connectivity index (χ3v) is 9.30. The maximum atomic E-state index is 6.47. The van der Waals surface area contributed by atoms with Crippen molar-refractivity contribution >= 4 is 27.9 Å². The molecule has 1 aliphatic heterocycles. The van der Waals surface area contributed by atoms with Crippen LogP contribution in [0.2, 0.25) is 0 Å². The Kier molecular flexibility index (Phi) is 8.06. The van der Waals surface area contributed by atoms with E-state index in [4.69, 9.17) is 20.6 Å². The van der Waals surface area contributed by atoms with Crippen LogP contribution in [0, 0.1) is 0 Å². The van der Waals surface area contributed by atoms with Crippen molar-refractivity contribution in [3.8, 4) is 11.3 Å². The fourth-order valence-electron chi connectivity index (χ4n) is 6.99. The number of nitrogen functional groups attached to an aromatic ring is 1. The smallest absolute Gasteiger partial charge is 0.164 e. The maximum Gasteiger partial charge on any atom is 0.164 e. The predicted octanol–water partition coefficient (Wildman–Crippen LogP) is 4.68. The maximum absolute atomic E-state index is 6.47. The average Bonchev–Trinajstić information content (AvgIpc) is 3.64. The summed E-state index contributed by atoms with van der Waals surface area (Å²) in [6.45, 7) is 6.60. The molecule has 0 radical (unpaired) electrons. The van der Waals surface area contributed by atoms with Crippen LogP contribution in [0.4, 0.5) is 5.82 Å². The molecule has 3 N–H and O–H groups in total. The lowest BCUT2D eigenvalue weighted by molar-refractivity contribution is 0.0662. The van der Waals surface area contributed by atoms with E-state index in [1.54, 1.807) is 13.4 Å². The molecule has 43 heavy (non-hydrogen) atoms. The number of methoxy groups -OCH3 is 1. The SMILES string of the molecule is COCCCN1CCN(C2CCC(n3nc(-c4ccc5nc(Cc6ccccc6)[nH]c5c4)c4c(N)ncnc43)CC2)CC1. The van der Waals surface area contributed by atoms with E-state index in [0.717, 1.165) is 104 Å². The van der Waals surface area contributed by atoms with Crippen molar-refractivity contribution in [1.82, 2.24) is 39.5 Å². The summed E-state index contributed by atoms with van der Waals surface area (Å²) < 4.78 is 7.36. The molecule has 2 aliphatic rings. The van der Waals surface area contributed by atoms with Crippen molar-refractivity contribution in [2.45, 2.75) is 50.6 Å². The Hall–Kier alpha value is -3.86. The van der Waals surface area contributed by atoms with Crippen molar-refractivity contribution in [2.75, 3.05) is 52.2 Å². The number of nitrogens with zero attached hydrogens (tertiary/aromatic N) is 7. The van der Waals surface area contributed by atoms with Gasteiger partial charge in [0.05, 0.1) is 22.5 Å². The first-order valence-corrected chi connectivity index (χ1v) is 15.6. The third-order valence-electron chi connectivity index (χ3n) is 9.30. The third kappa shape index (κ3) is 5.87. The van der Waals surface area contributed by atoms with Gasteiger partial charge in [-0.05, 0) is 49.8 Å². The largest absolute Gasteiger partial charge is 0.385 e. The molecule has 0 spiro atoms. The van der Waals surface area contributed by atoms with Gasteiger partial charge in [0, 0.05) is 64.5 Å². The summed E-state index contributed by atoms with van der Waals surface area (Å²) in [6, 6.07) is 17.6. The first-order chi connectivity index (χ1) is 21.2. The molecule has 224 valence electrons. The highest BCUT2D eigenvalue weighted by molar-refractivity contribution is 5.99. The minimum absolute atomic E-state index is 0.297. The van der Waals surface area contributed by atoms with Crippen LogP contribution in [0.15, 0.2) is 54.9 Å². The number of rotatable bonds is 9. The second-order valence-electron chi connectivity index (χ2n) is 12.0. The van der Waals surface area contributed by atoms with Crippen molar-refractivity contribution < 1.29 is 4.74 Å². The first kappa shape index (κ1) is 27.9. The number of H-pyrrole nitrogens is 1. The molecule has 7 rings (SSSR count). The number of aromatic amines is 1. The molecule has 10 heteroatoms. The number of aromatic nitrogens is 6. The molecule has 3 aromatic heterocycles. The summed E-state index contributed by atoms with van der Waals surface area (Å²) in [5.41, 5.74) is 12.3. The van der Waals surface area contributed by atoms with E-state index < -0.39 is 0 Å². The first-order valence-electron chi connectivity index (χ1n) is 15.6. The van der Waals surface area contributed by atoms with Crippen molar-refractivity contribution in [1.29, 1.82) is 0 Å². The number of imidazole rings is 1. The molecule has 1 aliphatic carbocycles. The molecule has 10 nitrogen and oxygen atoms in total. The Morgan fingerprint density at radius 1 is 0.953 bits per heavy atom.